The highest BCUT2D eigenvalue weighted by Crippen LogP contribution is 2.11. The number of nitrogens with zero attached hydrogens (tertiary/aromatic N) is 1. The van der Waals surface area contributed by atoms with E-state index in [1.165, 1.54) is 12.4 Å². The zero-order chi connectivity index (χ0) is 14.4. The summed E-state index contributed by atoms with van der Waals surface area (Å²) in [5, 5.41) is 2.49. The quantitative estimate of drug-likeness (QED) is 0.678. The molecule has 102 valence electrons. The lowest BCUT2D eigenvalue weighted by Crippen LogP contribution is -2.31. The molecule has 1 aromatic heterocycles. The Morgan fingerprint density at radius 2 is 1.75 bits per heavy atom. The van der Waals surface area contributed by atoms with Crippen molar-refractivity contribution in [2.45, 2.75) is 6.92 Å². The van der Waals surface area contributed by atoms with Gasteiger partial charge in [0.2, 0.25) is 0 Å². The Morgan fingerprint density at radius 3 is 2.40 bits per heavy atom. The molecule has 1 heterocycles. The van der Waals surface area contributed by atoms with Crippen molar-refractivity contribution in [3.8, 4) is 5.75 Å². The summed E-state index contributed by atoms with van der Waals surface area (Å²) in [7, 11) is 0. The van der Waals surface area contributed by atoms with Crippen molar-refractivity contribution in [3.63, 3.8) is 0 Å². The van der Waals surface area contributed by atoms with E-state index in [9.17, 15) is 9.59 Å². The molecule has 1 N–H and O–H groups in total. The summed E-state index contributed by atoms with van der Waals surface area (Å²) in [5.41, 5.74) is 1.53. The molecule has 2 rings (SSSR count). The van der Waals surface area contributed by atoms with Crippen LogP contribution in [0, 0.1) is 6.92 Å². The van der Waals surface area contributed by atoms with E-state index in [0.717, 1.165) is 5.56 Å². The number of pyridine rings is 1. The highest BCUT2D eigenvalue weighted by Gasteiger charge is 2.09. The number of ether oxygens (including phenoxy) is 1. The summed E-state index contributed by atoms with van der Waals surface area (Å²) in [6, 6.07) is 10.2. The number of nitrogens with one attached hydrogen (secondary N) is 1. The minimum absolute atomic E-state index is 0.185. The largest absolute Gasteiger partial charge is 0.425 e. The number of rotatable bonds is 4. The van der Waals surface area contributed by atoms with Gasteiger partial charge in [0.15, 0.2) is 0 Å². The second kappa shape index (κ2) is 6.47. The van der Waals surface area contributed by atoms with Crippen LogP contribution in [0.1, 0.15) is 15.9 Å². The molecule has 5 heteroatoms. The van der Waals surface area contributed by atoms with Crippen LogP contribution in [-0.2, 0) is 4.79 Å². The Labute approximate surface area is 116 Å². The van der Waals surface area contributed by atoms with Crippen LogP contribution in [-0.4, -0.2) is 23.4 Å². The van der Waals surface area contributed by atoms with Crippen LogP contribution in [0.4, 0.5) is 0 Å². The third kappa shape index (κ3) is 3.91. The average Bonchev–Trinajstić information content (AvgIpc) is 2.48. The van der Waals surface area contributed by atoms with Crippen molar-refractivity contribution in [1.82, 2.24) is 10.3 Å². The van der Waals surface area contributed by atoms with Gasteiger partial charge in [0.05, 0.1) is 0 Å². The van der Waals surface area contributed by atoms with Gasteiger partial charge in [0, 0.05) is 18.0 Å². The zero-order valence-corrected chi connectivity index (χ0v) is 11.0. The van der Waals surface area contributed by atoms with Gasteiger partial charge in [-0.05, 0) is 31.2 Å². The van der Waals surface area contributed by atoms with Crippen molar-refractivity contribution < 1.29 is 14.3 Å². The summed E-state index contributed by atoms with van der Waals surface area (Å²) in [6.45, 7) is 1.76. The van der Waals surface area contributed by atoms with Gasteiger partial charge < -0.3 is 10.1 Å². The number of esters is 1. The van der Waals surface area contributed by atoms with Crippen LogP contribution in [0.5, 0.6) is 5.75 Å². The van der Waals surface area contributed by atoms with Gasteiger partial charge in [-0.15, -0.1) is 0 Å². The normalized spacial score (nSPS) is 9.85. The molecule has 1 amide bonds. The first kappa shape index (κ1) is 13.7. The van der Waals surface area contributed by atoms with Crippen LogP contribution >= 0.6 is 0 Å². The lowest BCUT2D eigenvalue weighted by Gasteiger charge is -2.06. The molecule has 1 aromatic carbocycles. The first-order valence-electron chi connectivity index (χ1n) is 6.11. The van der Waals surface area contributed by atoms with Gasteiger partial charge in [-0.25, -0.2) is 4.79 Å². The molecule has 0 fully saturated rings. The van der Waals surface area contributed by atoms with Crippen molar-refractivity contribution >= 4 is 11.9 Å². The number of carbonyl (C=O) groups excluding carboxylic acids is 2. The number of benzene rings is 1. The fraction of sp³-hybridized carbons (Fsp3) is 0.133. The Morgan fingerprint density at radius 1 is 1.10 bits per heavy atom. The molecule has 0 saturated carbocycles. The van der Waals surface area contributed by atoms with Crippen molar-refractivity contribution in [3.05, 3.63) is 59.9 Å². The lowest BCUT2D eigenvalue weighted by atomic mass is 10.2. The molecule has 0 bridgehead atoms. The molecule has 20 heavy (non-hydrogen) atoms. The van der Waals surface area contributed by atoms with Gasteiger partial charge in [-0.2, -0.15) is 0 Å². The van der Waals surface area contributed by atoms with Crippen molar-refractivity contribution in [2.75, 3.05) is 6.54 Å². The van der Waals surface area contributed by atoms with Gasteiger partial charge in [0.25, 0.3) is 5.91 Å². The molecule has 0 unspecified atom stereocenters. The maximum absolute atomic E-state index is 11.7. The molecule has 0 aliphatic heterocycles. The maximum atomic E-state index is 11.7. The van der Waals surface area contributed by atoms with E-state index in [0.29, 0.717) is 11.3 Å². The molecular weight excluding hydrogens is 256 g/mol. The minimum Gasteiger partial charge on any atom is -0.425 e. The number of hydrogen-bond donors (Lipinski definition) is 1. The number of carbonyl (C=O) groups is 2. The van der Waals surface area contributed by atoms with Gasteiger partial charge in [0.1, 0.15) is 12.3 Å². The summed E-state index contributed by atoms with van der Waals surface area (Å²) >= 11 is 0. The zero-order valence-electron chi connectivity index (χ0n) is 11.0. The summed E-state index contributed by atoms with van der Waals surface area (Å²) in [5.74, 6) is -0.400. The van der Waals surface area contributed by atoms with Gasteiger partial charge in [-0.1, -0.05) is 17.7 Å². The van der Waals surface area contributed by atoms with E-state index in [2.05, 4.69) is 10.3 Å². The monoisotopic (exact) mass is 270 g/mol. The average molecular weight is 270 g/mol. The third-order valence-corrected chi connectivity index (χ3v) is 2.59. The van der Waals surface area contributed by atoms with E-state index >= 15 is 0 Å². The molecule has 0 saturated heterocycles. The Hall–Kier alpha value is -2.69. The Bertz CT molecular complexity index is 594. The lowest BCUT2D eigenvalue weighted by molar-refractivity contribution is -0.133. The minimum atomic E-state index is -0.517. The van der Waals surface area contributed by atoms with Crippen LogP contribution < -0.4 is 10.1 Å². The molecular formula is C15H14N2O3. The van der Waals surface area contributed by atoms with Crippen LogP contribution in [0.25, 0.3) is 0 Å². The third-order valence-electron chi connectivity index (χ3n) is 2.59. The fourth-order valence-corrected chi connectivity index (χ4v) is 1.53. The molecule has 0 spiro atoms. The molecule has 0 aliphatic carbocycles. The summed E-state index contributed by atoms with van der Waals surface area (Å²) in [6.07, 6.45) is 3.03. The van der Waals surface area contributed by atoms with Crippen molar-refractivity contribution in [1.29, 1.82) is 0 Å². The molecule has 2 aromatic rings. The summed E-state index contributed by atoms with van der Waals surface area (Å²) < 4.78 is 5.09. The van der Waals surface area contributed by atoms with Crippen LogP contribution in [0.3, 0.4) is 0 Å². The standard InChI is InChI=1S/C15H14N2O3/c1-11-2-4-13(5-3-11)20-14(18)10-17-15(19)12-6-8-16-9-7-12/h2-9H,10H2,1H3,(H,17,19). The fourth-order valence-electron chi connectivity index (χ4n) is 1.53. The molecule has 0 aliphatic rings. The van der Waals surface area contributed by atoms with Gasteiger partial charge in [-0.3, -0.25) is 9.78 Å². The number of aromatic nitrogens is 1. The number of amides is 1. The topological polar surface area (TPSA) is 68.3 Å². The van der Waals surface area contributed by atoms with E-state index in [1.54, 1.807) is 24.3 Å². The second-order valence-electron chi connectivity index (χ2n) is 4.21. The van der Waals surface area contributed by atoms with Crippen LogP contribution in [0.15, 0.2) is 48.8 Å². The SMILES string of the molecule is Cc1ccc(OC(=O)CNC(=O)c2ccncc2)cc1. The molecule has 5 nitrogen and oxygen atoms in total. The molecule has 0 radical (unpaired) electrons. The predicted molar refractivity (Wildman–Crippen MR) is 73.4 cm³/mol. The van der Waals surface area contributed by atoms with Crippen LogP contribution in [0.2, 0.25) is 0 Å². The predicted octanol–water partition coefficient (Wildman–Crippen LogP) is 1.73. The number of aryl methyl sites for hydroxylation is 1. The number of hydrogen-bond acceptors (Lipinski definition) is 4. The Kier molecular flexibility index (Phi) is 4.44. The smallest absolute Gasteiger partial charge is 0.330 e. The van der Waals surface area contributed by atoms with E-state index < -0.39 is 5.97 Å². The van der Waals surface area contributed by atoms with E-state index in [-0.39, 0.29) is 12.5 Å². The van der Waals surface area contributed by atoms with Gasteiger partial charge >= 0.3 is 5.97 Å². The first-order valence-corrected chi connectivity index (χ1v) is 6.11. The van der Waals surface area contributed by atoms with E-state index in [1.807, 2.05) is 19.1 Å². The van der Waals surface area contributed by atoms with Crippen molar-refractivity contribution in [2.24, 2.45) is 0 Å². The highest BCUT2D eigenvalue weighted by atomic mass is 16.5. The summed E-state index contributed by atoms with van der Waals surface area (Å²) in [4.78, 5) is 27.1. The highest BCUT2D eigenvalue weighted by molar-refractivity contribution is 5.95. The maximum Gasteiger partial charge on any atom is 0.330 e. The Balaban J connectivity index is 1.83. The van der Waals surface area contributed by atoms with E-state index in [4.69, 9.17) is 4.74 Å². The molecule has 0 atom stereocenters. The first-order chi connectivity index (χ1) is 9.65. The second-order valence-corrected chi connectivity index (χ2v) is 4.21.